The Morgan fingerprint density at radius 1 is 1.16 bits per heavy atom. The summed E-state index contributed by atoms with van der Waals surface area (Å²) in [5.74, 6) is 0.901. The average molecular weight is 277 g/mol. The van der Waals surface area contributed by atoms with E-state index < -0.39 is 18.6 Å². The maximum absolute atomic E-state index is 12.2. The highest BCUT2D eigenvalue weighted by atomic mass is 19.4. The predicted octanol–water partition coefficient (Wildman–Crippen LogP) is 3.35. The van der Waals surface area contributed by atoms with E-state index in [1.807, 2.05) is 6.92 Å². The number of ether oxygens (including phenoxy) is 2. The topological polar surface area (TPSA) is 44.5 Å². The molecular formula is C13H18F3NO2. The SMILES string of the molecule is COc1cc(C)cc(OC)c1[C@H](N)CCC(F)(F)F. The summed E-state index contributed by atoms with van der Waals surface area (Å²) >= 11 is 0. The fourth-order valence-electron chi connectivity index (χ4n) is 1.90. The van der Waals surface area contributed by atoms with E-state index in [0.29, 0.717) is 17.1 Å². The quantitative estimate of drug-likeness (QED) is 0.897. The Morgan fingerprint density at radius 2 is 1.63 bits per heavy atom. The summed E-state index contributed by atoms with van der Waals surface area (Å²) in [4.78, 5) is 0. The first kappa shape index (κ1) is 15.6. The van der Waals surface area contributed by atoms with Crippen molar-refractivity contribution in [2.24, 2.45) is 5.73 Å². The summed E-state index contributed by atoms with van der Waals surface area (Å²) in [6, 6.07) is 2.67. The average Bonchev–Trinajstić information content (AvgIpc) is 2.33. The van der Waals surface area contributed by atoms with Crippen molar-refractivity contribution in [3.8, 4) is 11.5 Å². The van der Waals surface area contributed by atoms with Gasteiger partial charge in [0.2, 0.25) is 0 Å². The molecule has 2 N–H and O–H groups in total. The molecule has 0 unspecified atom stereocenters. The van der Waals surface area contributed by atoms with Crippen molar-refractivity contribution in [1.29, 1.82) is 0 Å². The second kappa shape index (κ2) is 6.14. The third-order valence-electron chi connectivity index (χ3n) is 2.80. The Hall–Kier alpha value is -1.43. The van der Waals surface area contributed by atoms with Crippen molar-refractivity contribution < 1.29 is 22.6 Å². The van der Waals surface area contributed by atoms with Gasteiger partial charge in [0.15, 0.2) is 0 Å². The van der Waals surface area contributed by atoms with Crippen molar-refractivity contribution in [3.05, 3.63) is 23.3 Å². The molecule has 0 radical (unpaired) electrons. The van der Waals surface area contributed by atoms with Gasteiger partial charge in [0.25, 0.3) is 0 Å². The normalized spacial score (nSPS) is 13.2. The zero-order valence-electron chi connectivity index (χ0n) is 11.2. The standard InChI is InChI=1S/C13H18F3NO2/c1-8-6-10(18-2)12(11(7-8)19-3)9(17)4-5-13(14,15)16/h6-7,9H,4-5,17H2,1-3H3/t9-/m1/s1. The fourth-order valence-corrected chi connectivity index (χ4v) is 1.90. The Bertz CT molecular complexity index is 407. The lowest BCUT2D eigenvalue weighted by atomic mass is 9.99. The second-order valence-corrected chi connectivity index (χ2v) is 4.34. The lowest BCUT2D eigenvalue weighted by Gasteiger charge is -2.20. The Kier molecular flexibility index (Phi) is 5.05. The zero-order chi connectivity index (χ0) is 14.6. The van der Waals surface area contributed by atoms with Gasteiger partial charge < -0.3 is 15.2 Å². The van der Waals surface area contributed by atoms with Gasteiger partial charge in [-0.1, -0.05) is 0 Å². The third kappa shape index (κ3) is 4.31. The summed E-state index contributed by atoms with van der Waals surface area (Å²) in [6.07, 6.45) is -5.36. The maximum atomic E-state index is 12.2. The number of hydrogen-bond acceptors (Lipinski definition) is 3. The highest BCUT2D eigenvalue weighted by Gasteiger charge is 2.29. The van der Waals surface area contributed by atoms with E-state index in [1.54, 1.807) is 12.1 Å². The number of aryl methyl sites for hydroxylation is 1. The van der Waals surface area contributed by atoms with Crippen LogP contribution in [0.1, 0.15) is 30.0 Å². The molecule has 1 atom stereocenters. The summed E-state index contributed by atoms with van der Waals surface area (Å²) in [5.41, 5.74) is 7.21. The third-order valence-corrected chi connectivity index (χ3v) is 2.80. The first-order chi connectivity index (χ1) is 8.78. The monoisotopic (exact) mass is 277 g/mol. The lowest BCUT2D eigenvalue weighted by molar-refractivity contribution is -0.136. The number of benzene rings is 1. The van der Waals surface area contributed by atoms with Crippen molar-refractivity contribution in [3.63, 3.8) is 0 Å². The molecule has 0 aliphatic carbocycles. The van der Waals surface area contributed by atoms with Crippen LogP contribution in [-0.2, 0) is 0 Å². The summed E-state index contributed by atoms with van der Waals surface area (Å²) in [6.45, 7) is 1.84. The molecule has 0 aliphatic rings. The largest absolute Gasteiger partial charge is 0.496 e. The predicted molar refractivity (Wildman–Crippen MR) is 66.5 cm³/mol. The Balaban J connectivity index is 3.03. The maximum Gasteiger partial charge on any atom is 0.389 e. The van der Waals surface area contributed by atoms with Crippen LogP contribution in [0, 0.1) is 6.92 Å². The van der Waals surface area contributed by atoms with Gasteiger partial charge in [0.05, 0.1) is 19.8 Å². The van der Waals surface area contributed by atoms with Crippen molar-refractivity contribution in [2.45, 2.75) is 32.0 Å². The first-order valence-electron chi connectivity index (χ1n) is 5.83. The van der Waals surface area contributed by atoms with E-state index in [9.17, 15) is 13.2 Å². The molecule has 1 rings (SSSR count). The van der Waals surface area contributed by atoms with Gasteiger partial charge in [-0.15, -0.1) is 0 Å². The van der Waals surface area contributed by atoms with Crippen LogP contribution in [-0.4, -0.2) is 20.4 Å². The summed E-state index contributed by atoms with van der Waals surface area (Å²) < 4.78 is 47.1. The summed E-state index contributed by atoms with van der Waals surface area (Å²) in [5, 5.41) is 0. The van der Waals surface area contributed by atoms with E-state index in [-0.39, 0.29) is 6.42 Å². The number of hydrogen-bond donors (Lipinski definition) is 1. The van der Waals surface area contributed by atoms with Crippen LogP contribution in [0.5, 0.6) is 11.5 Å². The molecule has 0 saturated carbocycles. The number of halogens is 3. The van der Waals surface area contributed by atoms with Crippen LogP contribution in [0.25, 0.3) is 0 Å². The van der Waals surface area contributed by atoms with Crippen LogP contribution in [0.2, 0.25) is 0 Å². The van der Waals surface area contributed by atoms with Crippen molar-refractivity contribution in [1.82, 2.24) is 0 Å². The molecule has 0 amide bonds. The van der Waals surface area contributed by atoms with Gasteiger partial charge >= 0.3 is 6.18 Å². The minimum atomic E-state index is -4.22. The summed E-state index contributed by atoms with van der Waals surface area (Å²) in [7, 11) is 2.91. The molecule has 0 aliphatic heterocycles. The highest BCUT2D eigenvalue weighted by Crippen LogP contribution is 2.37. The minimum Gasteiger partial charge on any atom is -0.496 e. The lowest BCUT2D eigenvalue weighted by Crippen LogP contribution is -2.17. The second-order valence-electron chi connectivity index (χ2n) is 4.34. The number of nitrogens with two attached hydrogens (primary N) is 1. The molecule has 0 heterocycles. The molecule has 0 aromatic heterocycles. The molecule has 1 aromatic carbocycles. The molecule has 0 fully saturated rings. The van der Waals surface area contributed by atoms with E-state index in [4.69, 9.17) is 15.2 Å². The van der Waals surface area contributed by atoms with Crippen LogP contribution < -0.4 is 15.2 Å². The van der Waals surface area contributed by atoms with E-state index in [2.05, 4.69) is 0 Å². The fraction of sp³-hybridized carbons (Fsp3) is 0.538. The van der Waals surface area contributed by atoms with Gasteiger partial charge in [-0.25, -0.2) is 0 Å². The van der Waals surface area contributed by atoms with E-state index >= 15 is 0 Å². The molecule has 0 saturated heterocycles. The smallest absolute Gasteiger partial charge is 0.389 e. The molecular weight excluding hydrogens is 259 g/mol. The minimum absolute atomic E-state index is 0.209. The molecule has 1 aromatic rings. The van der Waals surface area contributed by atoms with Gasteiger partial charge in [0.1, 0.15) is 11.5 Å². The molecule has 3 nitrogen and oxygen atoms in total. The van der Waals surface area contributed by atoms with Crippen molar-refractivity contribution >= 4 is 0 Å². The number of rotatable bonds is 5. The Labute approximate surface area is 110 Å². The zero-order valence-corrected chi connectivity index (χ0v) is 11.2. The van der Waals surface area contributed by atoms with Gasteiger partial charge in [-0.05, 0) is 31.0 Å². The van der Waals surface area contributed by atoms with Crippen molar-refractivity contribution in [2.75, 3.05) is 14.2 Å². The molecule has 6 heteroatoms. The van der Waals surface area contributed by atoms with E-state index in [0.717, 1.165) is 5.56 Å². The first-order valence-corrected chi connectivity index (χ1v) is 5.83. The number of methoxy groups -OCH3 is 2. The van der Waals surface area contributed by atoms with Crippen LogP contribution in [0.4, 0.5) is 13.2 Å². The molecule has 19 heavy (non-hydrogen) atoms. The number of alkyl halides is 3. The molecule has 0 spiro atoms. The van der Waals surface area contributed by atoms with E-state index in [1.165, 1.54) is 14.2 Å². The van der Waals surface area contributed by atoms with Crippen LogP contribution in [0.15, 0.2) is 12.1 Å². The van der Waals surface area contributed by atoms with Gasteiger partial charge in [-0.2, -0.15) is 13.2 Å². The van der Waals surface area contributed by atoms with Crippen LogP contribution >= 0.6 is 0 Å². The molecule has 108 valence electrons. The van der Waals surface area contributed by atoms with Gasteiger partial charge in [0, 0.05) is 12.5 Å². The van der Waals surface area contributed by atoms with Gasteiger partial charge in [-0.3, -0.25) is 0 Å². The molecule has 0 bridgehead atoms. The highest BCUT2D eigenvalue weighted by molar-refractivity contribution is 5.49. The Morgan fingerprint density at radius 3 is 2.00 bits per heavy atom. The van der Waals surface area contributed by atoms with Crippen LogP contribution in [0.3, 0.4) is 0 Å².